The van der Waals surface area contributed by atoms with Crippen LogP contribution in [0.2, 0.25) is 0 Å². The largest absolute Gasteiger partial charge is 0.394 e. The fourth-order valence-electron chi connectivity index (χ4n) is 1.56. The van der Waals surface area contributed by atoms with E-state index in [4.69, 9.17) is 5.11 Å². The molecule has 0 saturated carbocycles. The lowest BCUT2D eigenvalue weighted by molar-refractivity contribution is 0.164. The van der Waals surface area contributed by atoms with Crippen molar-refractivity contribution >= 4 is 6.03 Å². The molecule has 1 unspecified atom stereocenters. The number of urea groups is 1. The quantitative estimate of drug-likeness (QED) is 0.693. The van der Waals surface area contributed by atoms with Crippen LogP contribution in [0.4, 0.5) is 4.79 Å². The second kappa shape index (κ2) is 5.20. The third-order valence-electron chi connectivity index (χ3n) is 2.71. The summed E-state index contributed by atoms with van der Waals surface area (Å²) in [6.07, 6.45) is 2.17. The predicted octanol–water partition coefficient (Wildman–Crippen LogP) is 0.809. The zero-order chi connectivity index (χ0) is 10.6. The molecule has 1 aliphatic heterocycles. The zero-order valence-corrected chi connectivity index (χ0v) is 8.99. The van der Waals surface area contributed by atoms with Gasteiger partial charge < -0.3 is 15.3 Å². The van der Waals surface area contributed by atoms with Crippen molar-refractivity contribution in [3.63, 3.8) is 0 Å². The molecular formula is C10H20N2O2. The maximum atomic E-state index is 11.6. The standard InChI is InChI=1S/C10H20N2O2/c1-8-3-5-12(6-4-8)10(14)11-9(2)7-13/h8-9,13H,3-7H2,1-2H3,(H,11,14). The minimum absolute atomic E-state index is 0.00399. The first kappa shape index (κ1) is 11.3. The average molecular weight is 200 g/mol. The molecule has 1 heterocycles. The van der Waals surface area contributed by atoms with Crippen LogP contribution < -0.4 is 5.32 Å². The second-order valence-electron chi connectivity index (χ2n) is 4.20. The van der Waals surface area contributed by atoms with Gasteiger partial charge in [-0.25, -0.2) is 4.79 Å². The summed E-state index contributed by atoms with van der Waals surface area (Å²) >= 11 is 0. The van der Waals surface area contributed by atoms with Gasteiger partial charge in [-0.15, -0.1) is 0 Å². The van der Waals surface area contributed by atoms with Gasteiger partial charge in [0.25, 0.3) is 0 Å². The molecule has 0 aromatic heterocycles. The molecule has 1 aliphatic rings. The van der Waals surface area contributed by atoms with E-state index in [-0.39, 0.29) is 18.7 Å². The number of nitrogens with one attached hydrogen (secondary N) is 1. The first-order chi connectivity index (χ1) is 6.63. The van der Waals surface area contributed by atoms with Gasteiger partial charge in [-0.05, 0) is 25.7 Å². The van der Waals surface area contributed by atoms with E-state index >= 15 is 0 Å². The van der Waals surface area contributed by atoms with Crippen molar-refractivity contribution in [2.75, 3.05) is 19.7 Å². The van der Waals surface area contributed by atoms with Crippen molar-refractivity contribution < 1.29 is 9.90 Å². The Morgan fingerprint density at radius 1 is 1.57 bits per heavy atom. The van der Waals surface area contributed by atoms with Gasteiger partial charge in [-0.2, -0.15) is 0 Å². The molecule has 1 rings (SSSR count). The number of aliphatic hydroxyl groups is 1. The summed E-state index contributed by atoms with van der Waals surface area (Å²) < 4.78 is 0. The molecule has 0 aromatic carbocycles. The first-order valence-corrected chi connectivity index (χ1v) is 5.29. The number of carbonyl (C=O) groups is 1. The van der Waals surface area contributed by atoms with E-state index in [1.54, 1.807) is 6.92 Å². The van der Waals surface area contributed by atoms with Gasteiger partial charge in [0, 0.05) is 13.1 Å². The van der Waals surface area contributed by atoms with E-state index < -0.39 is 0 Å². The van der Waals surface area contributed by atoms with Crippen LogP contribution in [-0.2, 0) is 0 Å². The molecule has 82 valence electrons. The fraction of sp³-hybridized carbons (Fsp3) is 0.900. The van der Waals surface area contributed by atoms with Crippen LogP contribution in [0.15, 0.2) is 0 Å². The Morgan fingerprint density at radius 3 is 2.64 bits per heavy atom. The minimum Gasteiger partial charge on any atom is -0.394 e. The summed E-state index contributed by atoms with van der Waals surface area (Å²) in [5, 5.41) is 11.5. The molecule has 0 radical (unpaired) electrons. The molecule has 0 aromatic rings. The van der Waals surface area contributed by atoms with Crippen molar-refractivity contribution in [3.8, 4) is 0 Å². The van der Waals surface area contributed by atoms with Crippen LogP contribution in [0.5, 0.6) is 0 Å². The van der Waals surface area contributed by atoms with E-state index in [0.29, 0.717) is 0 Å². The number of rotatable bonds is 2. The topological polar surface area (TPSA) is 52.6 Å². The lowest BCUT2D eigenvalue weighted by atomic mass is 10.00. The van der Waals surface area contributed by atoms with E-state index in [2.05, 4.69) is 12.2 Å². The van der Waals surface area contributed by atoms with Crippen LogP contribution in [0.3, 0.4) is 0 Å². The maximum Gasteiger partial charge on any atom is 0.317 e. The van der Waals surface area contributed by atoms with Crippen LogP contribution in [-0.4, -0.2) is 41.8 Å². The van der Waals surface area contributed by atoms with E-state index in [1.807, 2.05) is 4.90 Å². The summed E-state index contributed by atoms with van der Waals surface area (Å²) in [5.74, 6) is 0.731. The van der Waals surface area contributed by atoms with Crippen LogP contribution in [0, 0.1) is 5.92 Å². The molecule has 4 nitrogen and oxygen atoms in total. The van der Waals surface area contributed by atoms with Gasteiger partial charge in [-0.1, -0.05) is 6.92 Å². The molecule has 0 aliphatic carbocycles. The Bertz CT molecular complexity index is 189. The van der Waals surface area contributed by atoms with Crippen LogP contribution in [0.1, 0.15) is 26.7 Å². The van der Waals surface area contributed by atoms with E-state index in [0.717, 1.165) is 31.8 Å². The molecule has 2 N–H and O–H groups in total. The minimum atomic E-state index is -0.151. The van der Waals surface area contributed by atoms with Crippen molar-refractivity contribution in [3.05, 3.63) is 0 Å². The number of nitrogens with zero attached hydrogens (tertiary/aromatic N) is 1. The molecular weight excluding hydrogens is 180 g/mol. The normalized spacial score (nSPS) is 20.6. The third-order valence-corrected chi connectivity index (χ3v) is 2.71. The molecule has 14 heavy (non-hydrogen) atoms. The summed E-state index contributed by atoms with van der Waals surface area (Å²) in [6.45, 7) is 5.68. The number of amides is 2. The van der Waals surface area contributed by atoms with Crippen molar-refractivity contribution in [2.45, 2.75) is 32.7 Å². The maximum absolute atomic E-state index is 11.6. The first-order valence-electron chi connectivity index (χ1n) is 5.29. The Kier molecular flexibility index (Phi) is 4.20. The average Bonchev–Trinajstić information content (AvgIpc) is 2.18. The van der Waals surface area contributed by atoms with Gasteiger partial charge in [-0.3, -0.25) is 0 Å². The highest BCUT2D eigenvalue weighted by molar-refractivity contribution is 5.74. The second-order valence-corrected chi connectivity index (χ2v) is 4.20. The molecule has 4 heteroatoms. The molecule has 0 spiro atoms. The van der Waals surface area contributed by atoms with Gasteiger partial charge in [0.1, 0.15) is 0 Å². The summed E-state index contributed by atoms with van der Waals surface area (Å²) in [5.41, 5.74) is 0. The lowest BCUT2D eigenvalue weighted by Gasteiger charge is -2.31. The van der Waals surface area contributed by atoms with Gasteiger partial charge in [0.15, 0.2) is 0 Å². The SMILES string of the molecule is CC1CCN(C(=O)NC(C)CO)CC1. The van der Waals surface area contributed by atoms with Crippen LogP contribution in [0.25, 0.3) is 0 Å². The van der Waals surface area contributed by atoms with Gasteiger partial charge >= 0.3 is 6.03 Å². The van der Waals surface area contributed by atoms with Crippen molar-refractivity contribution in [1.29, 1.82) is 0 Å². The third kappa shape index (κ3) is 3.18. The molecule has 1 fully saturated rings. The monoisotopic (exact) mass is 200 g/mol. The molecule has 1 saturated heterocycles. The fourth-order valence-corrected chi connectivity index (χ4v) is 1.56. The van der Waals surface area contributed by atoms with Gasteiger partial charge in [0.2, 0.25) is 0 Å². The number of hydrogen-bond acceptors (Lipinski definition) is 2. The van der Waals surface area contributed by atoms with E-state index in [9.17, 15) is 4.79 Å². The van der Waals surface area contributed by atoms with Crippen LogP contribution >= 0.6 is 0 Å². The Labute approximate surface area is 85.3 Å². The highest BCUT2D eigenvalue weighted by atomic mass is 16.3. The Balaban J connectivity index is 2.30. The number of likely N-dealkylation sites (tertiary alicyclic amines) is 1. The molecule has 2 amide bonds. The van der Waals surface area contributed by atoms with Crippen molar-refractivity contribution in [2.24, 2.45) is 5.92 Å². The number of carbonyl (C=O) groups excluding carboxylic acids is 1. The smallest absolute Gasteiger partial charge is 0.317 e. The van der Waals surface area contributed by atoms with Gasteiger partial charge in [0.05, 0.1) is 12.6 Å². The molecule has 0 bridgehead atoms. The predicted molar refractivity (Wildman–Crippen MR) is 55.1 cm³/mol. The molecule has 1 atom stereocenters. The summed E-state index contributed by atoms with van der Waals surface area (Å²) in [6, 6.07) is -0.194. The number of piperidine rings is 1. The Morgan fingerprint density at radius 2 is 2.14 bits per heavy atom. The number of aliphatic hydroxyl groups excluding tert-OH is 1. The highest BCUT2D eigenvalue weighted by Crippen LogP contribution is 2.15. The summed E-state index contributed by atoms with van der Waals surface area (Å²) in [4.78, 5) is 13.4. The number of hydrogen-bond donors (Lipinski definition) is 2. The van der Waals surface area contributed by atoms with E-state index in [1.165, 1.54) is 0 Å². The highest BCUT2D eigenvalue weighted by Gasteiger charge is 2.20. The zero-order valence-electron chi connectivity index (χ0n) is 8.99. The lowest BCUT2D eigenvalue weighted by Crippen LogP contribution is -2.47. The summed E-state index contributed by atoms with van der Waals surface area (Å²) in [7, 11) is 0. The van der Waals surface area contributed by atoms with Crippen molar-refractivity contribution in [1.82, 2.24) is 10.2 Å². The Hall–Kier alpha value is -0.770.